The first-order chi connectivity index (χ1) is 9.24. The van der Waals surface area contributed by atoms with E-state index in [1.54, 1.807) is 0 Å². The molecule has 0 spiro atoms. The zero-order valence-electron chi connectivity index (χ0n) is 12.1. The number of hydrogen-bond donors (Lipinski definition) is 2. The SMILES string of the molecule is CCCCCCCCCCNc1cc(Cl)ccc1N. The fourth-order valence-corrected chi connectivity index (χ4v) is 2.34. The van der Waals surface area contributed by atoms with Gasteiger partial charge in [0.25, 0.3) is 0 Å². The summed E-state index contributed by atoms with van der Waals surface area (Å²) >= 11 is 5.94. The van der Waals surface area contributed by atoms with Crippen molar-refractivity contribution >= 4 is 23.0 Å². The Morgan fingerprint density at radius 2 is 1.63 bits per heavy atom. The Morgan fingerprint density at radius 3 is 2.32 bits per heavy atom. The molecule has 2 nitrogen and oxygen atoms in total. The molecule has 0 aliphatic heterocycles. The van der Waals surface area contributed by atoms with Crippen molar-refractivity contribution in [2.75, 3.05) is 17.6 Å². The molecular weight excluding hydrogens is 256 g/mol. The summed E-state index contributed by atoms with van der Waals surface area (Å²) in [6.07, 6.45) is 10.7. The van der Waals surface area contributed by atoms with Crippen LogP contribution in [0.5, 0.6) is 0 Å². The molecule has 3 heteroatoms. The normalized spacial score (nSPS) is 10.6. The fraction of sp³-hybridized carbons (Fsp3) is 0.625. The zero-order chi connectivity index (χ0) is 13.9. The smallest absolute Gasteiger partial charge is 0.0588 e. The monoisotopic (exact) mass is 282 g/mol. The van der Waals surface area contributed by atoms with Crippen molar-refractivity contribution in [1.29, 1.82) is 0 Å². The van der Waals surface area contributed by atoms with E-state index in [-0.39, 0.29) is 0 Å². The summed E-state index contributed by atoms with van der Waals surface area (Å²) in [5, 5.41) is 4.08. The lowest BCUT2D eigenvalue weighted by atomic mass is 10.1. The number of benzene rings is 1. The molecule has 19 heavy (non-hydrogen) atoms. The van der Waals surface area contributed by atoms with Gasteiger partial charge in [0.15, 0.2) is 0 Å². The lowest BCUT2D eigenvalue weighted by molar-refractivity contribution is 0.581. The van der Waals surface area contributed by atoms with Crippen LogP contribution in [-0.2, 0) is 0 Å². The molecule has 0 bridgehead atoms. The summed E-state index contributed by atoms with van der Waals surface area (Å²) in [6, 6.07) is 5.55. The van der Waals surface area contributed by atoms with Crippen molar-refractivity contribution < 1.29 is 0 Å². The van der Waals surface area contributed by atoms with Gasteiger partial charge < -0.3 is 11.1 Å². The van der Waals surface area contributed by atoms with E-state index in [1.807, 2.05) is 18.2 Å². The highest BCUT2D eigenvalue weighted by atomic mass is 35.5. The first-order valence-corrected chi connectivity index (χ1v) is 7.90. The van der Waals surface area contributed by atoms with Crippen LogP contribution in [-0.4, -0.2) is 6.54 Å². The lowest BCUT2D eigenvalue weighted by Gasteiger charge is -2.09. The molecular formula is C16H27ClN2. The van der Waals surface area contributed by atoms with Crippen LogP contribution in [0.3, 0.4) is 0 Å². The molecule has 0 saturated heterocycles. The summed E-state index contributed by atoms with van der Waals surface area (Å²) in [4.78, 5) is 0. The summed E-state index contributed by atoms with van der Waals surface area (Å²) < 4.78 is 0. The number of nitrogens with two attached hydrogens (primary N) is 1. The van der Waals surface area contributed by atoms with Crippen LogP contribution >= 0.6 is 11.6 Å². The van der Waals surface area contributed by atoms with E-state index in [9.17, 15) is 0 Å². The molecule has 0 radical (unpaired) electrons. The van der Waals surface area contributed by atoms with E-state index in [0.29, 0.717) is 0 Å². The molecule has 108 valence electrons. The van der Waals surface area contributed by atoms with Crippen molar-refractivity contribution in [2.45, 2.75) is 58.3 Å². The highest BCUT2D eigenvalue weighted by Crippen LogP contribution is 2.22. The first-order valence-electron chi connectivity index (χ1n) is 7.53. The topological polar surface area (TPSA) is 38.0 Å². The molecule has 1 rings (SSSR count). The maximum Gasteiger partial charge on any atom is 0.0588 e. The van der Waals surface area contributed by atoms with Crippen LogP contribution in [0.2, 0.25) is 5.02 Å². The van der Waals surface area contributed by atoms with Crippen molar-refractivity contribution in [2.24, 2.45) is 0 Å². The molecule has 0 unspecified atom stereocenters. The number of unbranched alkanes of at least 4 members (excludes halogenated alkanes) is 7. The first kappa shape index (κ1) is 16.2. The second-order valence-electron chi connectivity index (χ2n) is 5.13. The molecule has 3 N–H and O–H groups in total. The Hall–Kier alpha value is -0.890. The van der Waals surface area contributed by atoms with Crippen molar-refractivity contribution in [3.05, 3.63) is 23.2 Å². The largest absolute Gasteiger partial charge is 0.397 e. The van der Waals surface area contributed by atoms with Gasteiger partial charge in [0, 0.05) is 11.6 Å². The number of halogens is 1. The second kappa shape index (κ2) is 9.96. The van der Waals surface area contributed by atoms with E-state index >= 15 is 0 Å². The Bertz CT molecular complexity index is 353. The Labute approximate surface area is 122 Å². The van der Waals surface area contributed by atoms with Gasteiger partial charge in [0.2, 0.25) is 0 Å². The molecule has 0 amide bonds. The number of anilines is 2. The molecule has 0 aliphatic carbocycles. The summed E-state index contributed by atoms with van der Waals surface area (Å²) in [5.74, 6) is 0. The van der Waals surface area contributed by atoms with E-state index in [0.717, 1.165) is 22.9 Å². The highest BCUT2D eigenvalue weighted by molar-refractivity contribution is 6.31. The minimum absolute atomic E-state index is 0.729. The van der Waals surface area contributed by atoms with E-state index in [2.05, 4.69) is 12.2 Å². The maximum absolute atomic E-state index is 5.94. The standard InChI is InChI=1S/C16H27ClN2/c1-2-3-4-5-6-7-8-9-12-19-16-13-14(17)10-11-15(16)18/h10-11,13,19H,2-9,12,18H2,1H3. The molecule has 0 aromatic heterocycles. The van der Waals surface area contributed by atoms with Crippen LogP contribution < -0.4 is 11.1 Å². The molecule has 0 heterocycles. The van der Waals surface area contributed by atoms with Crippen molar-refractivity contribution in [1.82, 2.24) is 0 Å². The van der Waals surface area contributed by atoms with Crippen LogP contribution in [0.4, 0.5) is 11.4 Å². The summed E-state index contributed by atoms with van der Waals surface area (Å²) in [6.45, 7) is 3.23. The molecule has 1 aromatic carbocycles. The van der Waals surface area contributed by atoms with Gasteiger partial charge in [-0.15, -0.1) is 0 Å². The van der Waals surface area contributed by atoms with E-state index < -0.39 is 0 Å². The molecule has 0 fully saturated rings. The number of rotatable bonds is 10. The van der Waals surface area contributed by atoms with Gasteiger partial charge in [0.1, 0.15) is 0 Å². The highest BCUT2D eigenvalue weighted by Gasteiger charge is 1.99. The minimum atomic E-state index is 0.729. The predicted molar refractivity (Wildman–Crippen MR) is 87.0 cm³/mol. The van der Waals surface area contributed by atoms with Crippen LogP contribution in [0, 0.1) is 0 Å². The third-order valence-corrected chi connectivity index (χ3v) is 3.60. The number of nitrogen functional groups attached to an aromatic ring is 1. The van der Waals surface area contributed by atoms with Gasteiger partial charge in [-0.2, -0.15) is 0 Å². The Kier molecular flexibility index (Phi) is 8.48. The lowest BCUT2D eigenvalue weighted by Crippen LogP contribution is -2.04. The second-order valence-corrected chi connectivity index (χ2v) is 5.57. The van der Waals surface area contributed by atoms with Gasteiger partial charge in [-0.1, -0.05) is 63.5 Å². The van der Waals surface area contributed by atoms with Gasteiger partial charge in [-0.05, 0) is 24.6 Å². The van der Waals surface area contributed by atoms with Crippen LogP contribution in [0.25, 0.3) is 0 Å². The van der Waals surface area contributed by atoms with E-state index in [1.165, 1.54) is 51.4 Å². The quantitative estimate of drug-likeness (QED) is 0.441. The van der Waals surface area contributed by atoms with Crippen LogP contribution in [0.15, 0.2) is 18.2 Å². The van der Waals surface area contributed by atoms with Crippen molar-refractivity contribution in [3.63, 3.8) is 0 Å². The van der Waals surface area contributed by atoms with E-state index in [4.69, 9.17) is 17.3 Å². The molecule has 0 aliphatic rings. The van der Waals surface area contributed by atoms with Gasteiger partial charge in [-0.3, -0.25) is 0 Å². The van der Waals surface area contributed by atoms with Gasteiger partial charge >= 0.3 is 0 Å². The zero-order valence-corrected chi connectivity index (χ0v) is 12.8. The third kappa shape index (κ3) is 7.31. The Morgan fingerprint density at radius 1 is 1.00 bits per heavy atom. The Balaban J connectivity index is 2.03. The molecule has 0 saturated carbocycles. The number of nitrogens with one attached hydrogen (secondary N) is 1. The fourth-order valence-electron chi connectivity index (χ4n) is 2.16. The summed E-state index contributed by atoms with van der Waals surface area (Å²) in [5.41, 5.74) is 7.60. The third-order valence-electron chi connectivity index (χ3n) is 3.36. The molecule has 0 atom stereocenters. The average molecular weight is 283 g/mol. The minimum Gasteiger partial charge on any atom is -0.397 e. The van der Waals surface area contributed by atoms with Crippen molar-refractivity contribution in [3.8, 4) is 0 Å². The van der Waals surface area contributed by atoms with Gasteiger partial charge in [0.05, 0.1) is 11.4 Å². The average Bonchev–Trinajstić information content (AvgIpc) is 2.40. The maximum atomic E-state index is 5.94. The molecule has 1 aromatic rings. The summed E-state index contributed by atoms with van der Waals surface area (Å²) in [7, 11) is 0. The van der Waals surface area contributed by atoms with Crippen LogP contribution in [0.1, 0.15) is 58.3 Å². The van der Waals surface area contributed by atoms with Gasteiger partial charge in [-0.25, -0.2) is 0 Å². The number of hydrogen-bond acceptors (Lipinski definition) is 2. The predicted octanol–water partition coefficient (Wildman–Crippen LogP) is 5.47.